The number of hydrogen-bond acceptors (Lipinski definition) is 3. The summed E-state index contributed by atoms with van der Waals surface area (Å²) < 4.78 is 5.30. The molecule has 0 bridgehead atoms. The van der Waals surface area contributed by atoms with Crippen LogP contribution < -0.4 is 5.32 Å². The smallest absolute Gasteiger partial charge is 0.225 e. The van der Waals surface area contributed by atoms with E-state index in [0.29, 0.717) is 13.0 Å². The SMILES string of the molecule is CCC(CO)C(=O)NCc1ccc(C)o1. The lowest BCUT2D eigenvalue weighted by atomic mass is 10.1. The first kappa shape index (κ1) is 11.8. The van der Waals surface area contributed by atoms with Gasteiger partial charge in [-0.15, -0.1) is 0 Å². The van der Waals surface area contributed by atoms with Gasteiger partial charge in [0.05, 0.1) is 19.1 Å². The van der Waals surface area contributed by atoms with Crippen molar-refractivity contribution in [3.63, 3.8) is 0 Å². The summed E-state index contributed by atoms with van der Waals surface area (Å²) in [5.74, 6) is 1.11. The lowest BCUT2D eigenvalue weighted by Gasteiger charge is -2.10. The van der Waals surface area contributed by atoms with Crippen molar-refractivity contribution < 1.29 is 14.3 Å². The van der Waals surface area contributed by atoms with Crippen molar-refractivity contribution in [1.82, 2.24) is 5.32 Å². The molecule has 1 atom stereocenters. The fourth-order valence-corrected chi connectivity index (χ4v) is 1.30. The van der Waals surface area contributed by atoms with Crippen molar-refractivity contribution in [2.24, 2.45) is 5.92 Å². The first-order valence-corrected chi connectivity index (χ1v) is 5.11. The molecule has 1 aromatic rings. The van der Waals surface area contributed by atoms with Crippen molar-refractivity contribution in [3.8, 4) is 0 Å². The minimum atomic E-state index is -0.318. The number of aliphatic hydroxyl groups excluding tert-OH is 1. The number of hydrogen-bond donors (Lipinski definition) is 2. The van der Waals surface area contributed by atoms with E-state index in [9.17, 15) is 4.79 Å². The average Bonchev–Trinajstić information content (AvgIpc) is 2.63. The maximum Gasteiger partial charge on any atom is 0.225 e. The van der Waals surface area contributed by atoms with Crippen LogP contribution in [0.3, 0.4) is 0 Å². The van der Waals surface area contributed by atoms with Crippen LogP contribution in [0.2, 0.25) is 0 Å². The molecule has 0 fully saturated rings. The van der Waals surface area contributed by atoms with Gasteiger partial charge >= 0.3 is 0 Å². The van der Waals surface area contributed by atoms with E-state index in [0.717, 1.165) is 11.5 Å². The van der Waals surface area contributed by atoms with Crippen molar-refractivity contribution >= 4 is 5.91 Å². The molecule has 1 amide bonds. The minimum absolute atomic E-state index is 0.112. The Morgan fingerprint density at radius 2 is 2.33 bits per heavy atom. The van der Waals surface area contributed by atoms with Gasteiger partial charge in [-0.05, 0) is 25.5 Å². The lowest BCUT2D eigenvalue weighted by Crippen LogP contribution is -2.31. The Hall–Kier alpha value is -1.29. The first-order chi connectivity index (χ1) is 7.17. The van der Waals surface area contributed by atoms with Gasteiger partial charge in [-0.2, -0.15) is 0 Å². The second-order valence-electron chi connectivity index (χ2n) is 3.52. The molecule has 0 aliphatic rings. The third-order valence-electron chi connectivity index (χ3n) is 2.32. The molecule has 0 aliphatic carbocycles. The Morgan fingerprint density at radius 3 is 2.80 bits per heavy atom. The van der Waals surface area contributed by atoms with Gasteiger partial charge in [0.1, 0.15) is 11.5 Å². The summed E-state index contributed by atoms with van der Waals surface area (Å²) in [6.07, 6.45) is 0.638. The fourth-order valence-electron chi connectivity index (χ4n) is 1.30. The average molecular weight is 211 g/mol. The van der Waals surface area contributed by atoms with E-state index in [4.69, 9.17) is 9.52 Å². The number of carbonyl (C=O) groups excluding carboxylic acids is 1. The van der Waals surface area contributed by atoms with Crippen LogP contribution in [-0.2, 0) is 11.3 Å². The van der Waals surface area contributed by atoms with Gasteiger partial charge in [-0.25, -0.2) is 0 Å². The highest BCUT2D eigenvalue weighted by atomic mass is 16.3. The number of nitrogens with one attached hydrogen (secondary N) is 1. The molecule has 4 heteroatoms. The summed E-state index contributed by atoms with van der Waals surface area (Å²) in [7, 11) is 0. The van der Waals surface area contributed by atoms with Gasteiger partial charge < -0.3 is 14.8 Å². The highest BCUT2D eigenvalue weighted by Gasteiger charge is 2.14. The second kappa shape index (κ2) is 5.56. The Labute approximate surface area is 89.3 Å². The van der Waals surface area contributed by atoms with Crippen LogP contribution in [-0.4, -0.2) is 17.6 Å². The minimum Gasteiger partial charge on any atom is -0.465 e. The van der Waals surface area contributed by atoms with E-state index in [1.165, 1.54) is 0 Å². The van der Waals surface area contributed by atoms with Crippen molar-refractivity contribution in [3.05, 3.63) is 23.7 Å². The number of aliphatic hydroxyl groups is 1. The molecular weight excluding hydrogens is 194 g/mol. The zero-order chi connectivity index (χ0) is 11.3. The van der Waals surface area contributed by atoms with Gasteiger partial charge in [0.25, 0.3) is 0 Å². The predicted molar refractivity (Wildman–Crippen MR) is 56.2 cm³/mol. The van der Waals surface area contributed by atoms with E-state index in [2.05, 4.69) is 5.32 Å². The van der Waals surface area contributed by atoms with E-state index in [1.807, 2.05) is 26.0 Å². The molecule has 1 aromatic heterocycles. The third kappa shape index (κ3) is 3.40. The van der Waals surface area contributed by atoms with Crippen LogP contribution in [0.15, 0.2) is 16.5 Å². The van der Waals surface area contributed by atoms with Crippen LogP contribution in [0.4, 0.5) is 0 Å². The van der Waals surface area contributed by atoms with E-state index in [1.54, 1.807) is 0 Å². The number of carbonyl (C=O) groups is 1. The molecule has 0 radical (unpaired) electrons. The molecule has 0 saturated heterocycles. The molecule has 0 saturated carbocycles. The van der Waals surface area contributed by atoms with E-state index < -0.39 is 0 Å². The summed E-state index contributed by atoms with van der Waals surface area (Å²) in [6, 6.07) is 3.68. The van der Waals surface area contributed by atoms with Gasteiger partial charge in [0.2, 0.25) is 5.91 Å². The molecular formula is C11H17NO3. The fraction of sp³-hybridized carbons (Fsp3) is 0.545. The number of rotatable bonds is 5. The molecule has 0 spiro atoms. The van der Waals surface area contributed by atoms with Crippen LogP contribution >= 0.6 is 0 Å². The lowest BCUT2D eigenvalue weighted by molar-refractivity contribution is -0.126. The molecule has 1 heterocycles. The molecule has 84 valence electrons. The Kier molecular flexibility index (Phi) is 4.37. The van der Waals surface area contributed by atoms with Gasteiger partial charge in [-0.1, -0.05) is 6.92 Å². The predicted octanol–water partition coefficient (Wildman–Crippen LogP) is 1.22. The van der Waals surface area contributed by atoms with Crippen LogP contribution in [0.25, 0.3) is 0 Å². The molecule has 15 heavy (non-hydrogen) atoms. The summed E-state index contributed by atoms with van der Waals surface area (Å²) in [6.45, 7) is 3.99. The summed E-state index contributed by atoms with van der Waals surface area (Å²) in [5.41, 5.74) is 0. The van der Waals surface area contributed by atoms with E-state index >= 15 is 0 Å². The van der Waals surface area contributed by atoms with Crippen molar-refractivity contribution in [2.75, 3.05) is 6.61 Å². The van der Waals surface area contributed by atoms with Crippen molar-refractivity contribution in [1.29, 1.82) is 0 Å². The standard InChI is InChI=1S/C11H17NO3/c1-3-9(7-13)11(14)12-6-10-5-4-8(2)15-10/h4-5,9,13H,3,6-7H2,1-2H3,(H,12,14). The molecule has 0 aromatic carbocycles. The van der Waals surface area contributed by atoms with Gasteiger partial charge in [-0.3, -0.25) is 4.79 Å². The van der Waals surface area contributed by atoms with Crippen LogP contribution in [0.1, 0.15) is 24.9 Å². The number of aryl methyl sites for hydroxylation is 1. The zero-order valence-corrected chi connectivity index (χ0v) is 9.12. The number of amides is 1. The molecule has 4 nitrogen and oxygen atoms in total. The summed E-state index contributed by atoms with van der Waals surface area (Å²) in [5, 5.41) is 11.6. The highest BCUT2D eigenvalue weighted by Crippen LogP contribution is 2.06. The van der Waals surface area contributed by atoms with Gasteiger partial charge in [0.15, 0.2) is 0 Å². The Morgan fingerprint density at radius 1 is 1.60 bits per heavy atom. The second-order valence-corrected chi connectivity index (χ2v) is 3.52. The monoisotopic (exact) mass is 211 g/mol. The quantitative estimate of drug-likeness (QED) is 0.769. The Balaban J connectivity index is 2.40. The normalized spacial score (nSPS) is 12.5. The van der Waals surface area contributed by atoms with Crippen molar-refractivity contribution in [2.45, 2.75) is 26.8 Å². The van der Waals surface area contributed by atoms with Crippen LogP contribution in [0, 0.1) is 12.8 Å². The maximum absolute atomic E-state index is 11.5. The largest absolute Gasteiger partial charge is 0.465 e. The molecule has 0 aliphatic heterocycles. The van der Waals surface area contributed by atoms with E-state index in [-0.39, 0.29) is 18.4 Å². The molecule has 2 N–H and O–H groups in total. The highest BCUT2D eigenvalue weighted by molar-refractivity contribution is 5.78. The Bertz CT molecular complexity index is 315. The number of furan rings is 1. The summed E-state index contributed by atoms with van der Waals surface area (Å²) >= 11 is 0. The molecule has 1 unspecified atom stereocenters. The topological polar surface area (TPSA) is 62.5 Å². The summed E-state index contributed by atoms with van der Waals surface area (Å²) in [4.78, 5) is 11.5. The third-order valence-corrected chi connectivity index (χ3v) is 2.32. The first-order valence-electron chi connectivity index (χ1n) is 5.11. The van der Waals surface area contributed by atoms with Gasteiger partial charge in [0, 0.05) is 0 Å². The van der Waals surface area contributed by atoms with Crippen LogP contribution in [0.5, 0.6) is 0 Å². The maximum atomic E-state index is 11.5. The molecule has 1 rings (SSSR count). The zero-order valence-electron chi connectivity index (χ0n) is 9.12.